The minimum Gasteiger partial charge on any atom is -0.489 e. The Kier molecular flexibility index (Phi) is 3.48. The molecular weight excluding hydrogens is 236 g/mol. The average Bonchev–Trinajstić information content (AvgIpc) is 3.11. The number of nitrogens with zero attached hydrogens (tertiary/aromatic N) is 1. The van der Waals surface area contributed by atoms with Crippen molar-refractivity contribution in [3.05, 3.63) is 24.0 Å². The molecule has 2 fully saturated rings. The Hall–Kier alpha value is -1.09. The fourth-order valence-electron chi connectivity index (χ4n) is 3.76. The molecule has 3 rings (SSSR count). The molecule has 0 spiro atoms. The molecule has 2 aliphatic rings. The first kappa shape index (κ1) is 12.9. The van der Waals surface area contributed by atoms with E-state index in [1.54, 1.807) is 6.20 Å². The van der Waals surface area contributed by atoms with Gasteiger partial charge in [-0.05, 0) is 56.1 Å². The number of hydrogen-bond donors (Lipinski definition) is 1. The molecule has 3 atom stereocenters. The van der Waals surface area contributed by atoms with Gasteiger partial charge in [0.15, 0.2) is 0 Å². The molecule has 0 aromatic carbocycles. The summed E-state index contributed by atoms with van der Waals surface area (Å²) in [6.45, 7) is 4.06. The summed E-state index contributed by atoms with van der Waals surface area (Å²) >= 11 is 0. The summed E-state index contributed by atoms with van der Waals surface area (Å²) in [5.74, 6) is 3.27. The zero-order chi connectivity index (χ0) is 13.4. The highest BCUT2D eigenvalue weighted by Gasteiger charge is 2.53. The second-order valence-corrected chi connectivity index (χ2v) is 6.34. The number of nitrogens with two attached hydrogens (primary N) is 1. The van der Waals surface area contributed by atoms with Crippen LogP contribution in [0.3, 0.4) is 0 Å². The maximum atomic E-state index is 6.46. The number of ether oxygens (including phenoxy) is 1. The minimum absolute atomic E-state index is 0.135. The maximum absolute atomic E-state index is 6.46. The Bertz CT molecular complexity index is 434. The molecule has 1 aromatic rings. The summed E-state index contributed by atoms with van der Waals surface area (Å²) in [5, 5.41) is 0. The molecule has 1 heterocycles. The van der Waals surface area contributed by atoms with Crippen LogP contribution in [0.25, 0.3) is 0 Å². The number of aromatic nitrogens is 1. The molecule has 2 saturated carbocycles. The Morgan fingerprint density at radius 3 is 2.53 bits per heavy atom. The number of rotatable bonds is 4. The molecule has 19 heavy (non-hydrogen) atoms. The van der Waals surface area contributed by atoms with E-state index in [1.807, 2.05) is 20.0 Å². The Labute approximate surface area is 115 Å². The highest BCUT2D eigenvalue weighted by atomic mass is 16.5. The van der Waals surface area contributed by atoms with Crippen molar-refractivity contribution in [2.45, 2.75) is 51.7 Å². The van der Waals surface area contributed by atoms with Gasteiger partial charge in [0.2, 0.25) is 0 Å². The van der Waals surface area contributed by atoms with Crippen molar-refractivity contribution in [1.82, 2.24) is 4.98 Å². The van der Waals surface area contributed by atoms with E-state index in [-0.39, 0.29) is 12.1 Å². The Balaban J connectivity index is 1.71. The van der Waals surface area contributed by atoms with Crippen molar-refractivity contribution >= 4 is 0 Å². The lowest BCUT2D eigenvalue weighted by atomic mass is 10.0. The molecule has 3 nitrogen and oxygen atoms in total. The predicted octanol–water partition coefficient (Wildman–Crippen LogP) is 3.30. The van der Waals surface area contributed by atoms with Gasteiger partial charge in [-0.3, -0.25) is 4.98 Å². The molecule has 0 saturated heterocycles. The van der Waals surface area contributed by atoms with Crippen LogP contribution in [0.5, 0.6) is 5.75 Å². The van der Waals surface area contributed by atoms with Gasteiger partial charge in [0.1, 0.15) is 5.75 Å². The van der Waals surface area contributed by atoms with Gasteiger partial charge >= 0.3 is 0 Å². The van der Waals surface area contributed by atoms with Gasteiger partial charge < -0.3 is 10.5 Å². The topological polar surface area (TPSA) is 48.1 Å². The molecular formula is C16H24N2O. The fraction of sp³-hybridized carbons (Fsp3) is 0.688. The summed E-state index contributed by atoms with van der Waals surface area (Å²) in [4.78, 5) is 4.28. The van der Waals surface area contributed by atoms with Crippen LogP contribution in [-0.2, 0) is 0 Å². The van der Waals surface area contributed by atoms with Crippen LogP contribution in [0.1, 0.15) is 51.1 Å². The molecule has 0 aliphatic heterocycles. The minimum atomic E-state index is 0.135. The molecule has 104 valence electrons. The van der Waals surface area contributed by atoms with Crippen LogP contribution in [0.4, 0.5) is 0 Å². The third kappa shape index (κ3) is 2.62. The van der Waals surface area contributed by atoms with E-state index in [4.69, 9.17) is 10.5 Å². The monoisotopic (exact) mass is 260 g/mol. The zero-order valence-corrected chi connectivity index (χ0v) is 11.9. The Morgan fingerprint density at radius 1 is 1.21 bits per heavy atom. The SMILES string of the molecule is CC(C)Oc1cncc(C(N)C2C3CCCCC32)c1. The lowest BCUT2D eigenvalue weighted by Gasteiger charge is -2.14. The van der Waals surface area contributed by atoms with Crippen molar-refractivity contribution in [1.29, 1.82) is 0 Å². The average molecular weight is 260 g/mol. The van der Waals surface area contributed by atoms with E-state index in [9.17, 15) is 0 Å². The standard InChI is InChI=1S/C16H24N2O/c1-10(2)19-12-7-11(8-18-9-12)16(17)15-13-5-3-4-6-14(13)15/h7-10,13-16H,3-6,17H2,1-2H3. The molecule has 3 unspecified atom stereocenters. The third-order valence-electron chi connectivity index (χ3n) is 4.63. The molecule has 1 aromatic heterocycles. The van der Waals surface area contributed by atoms with Crippen molar-refractivity contribution in [3.63, 3.8) is 0 Å². The lowest BCUT2D eigenvalue weighted by molar-refractivity contribution is 0.241. The summed E-state index contributed by atoms with van der Waals surface area (Å²) in [6, 6.07) is 2.21. The first-order valence-corrected chi connectivity index (χ1v) is 7.54. The first-order chi connectivity index (χ1) is 9.16. The third-order valence-corrected chi connectivity index (χ3v) is 4.63. The quantitative estimate of drug-likeness (QED) is 0.903. The predicted molar refractivity (Wildman–Crippen MR) is 75.9 cm³/mol. The smallest absolute Gasteiger partial charge is 0.138 e. The van der Waals surface area contributed by atoms with E-state index in [1.165, 1.54) is 25.7 Å². The van der Waals surface area contributed by atoms with Gasteiger partial charge in [-0.25, -0.2) is 0 Å². The summed E-state index contributed by atoms with van der Waals surface area (Å²) in [5.41, 5.74) is 7.60. The molecule has 0 radical (unpaired) electrons. The Morgan fingerprint density at radius 2 is 1.89 bits per heavy atom. The molecule has 0 amide bonds. The van der Waals surface area contributed by atoms with Gasteiger partial charge in [-0.2, -0.15) is 0 Å². The van der Waals surface area contributed by atoms with E-state index in [2.05, 4.69) is 11.1 Å². The van der Waals surface area contributed by atoms with Crippen molar-refractivity contribution in [3.8, 4) is 5.75 Å². The summed E-state index contributed by atoms with van der Waals surface area (Å²) in [6.07, 6.45) is 9.38. The van der Waals surface area contributed by atoms with E-state index >= 15 is 0 Å². The lowest BCUT2D eigenvalue weighted by Crippen LogP contribution is -2.15. The van der Waals surface area contributed by atoms with Gasteiger partial charge in [0, 0.05) is 12.2 Å². The maximum Gasteiger partial charge on any atom is 0.138 e. The number of pyridine rings is 1. The van der Waals surface area contributed by atoms with Gasteiger partial charge in [-0.15, -0.1) is 0 Å². The normalized spacial score (nSPS) is 30.8. The van der Waals surface area contributed by atoms with Crippen LogP contribution in [-0.4, -0.2) is 11.1 Å². The summed E-state index contributed by atoms with van der Waals surface area (Å²) in [7, 11) is 0. The molecule has 2 aliphatic carbocycles. The molecule has 3 heteroatoms. The molecule has 0 bridgehead atoms. The fourth-order valence-corrected chi connectivity index (χ4v) is 3.76. The second kappa shape index (κ2) is 5.12. The number of fused-ring (bicyclic) bond motifs is 1. The van der Waals surface area contributed by atoms with Crippen molar-refractivity contribution in [2.75, 3.05) is 0 Å². The van der Waals surface area contributed by atoms with Crippen LogP contribution in [0.2, 0.25) is 0 Å². The van der Waals surface area contributed by atoms with Crippen LogP contribution < -0.4 is 10.5 Å². The van der Waals surface area contributed by atoms with Gasteiger partial charge in [-0.1, -0.05) is 12.8 Å². The second-order valence-electron chi connectivity index (χ2n) is 6.34. The van der Waals surface area contributed by atoms with Crippen molar-refractivity contribution < 1.29 is 4.74 Å². The van der Waals surface area contributed by atoms with E-state index < -0.39 is 0 Å². The first-order valence-electron chi connectivity index (χ1n) is 7.54. The van der Waals surface area contributed by atoms with Gasteiger partial charge in [0.05, 0.1) is 12.3 Å². The van der Waals surface area contributed by atoms with Crippen LogP contribution in [0.15, 0.2) is 18.5 Å². The molecule has 2 N–H and O–H groups in total. The van der Waals surface area contributed by atoms with Crippen LogP contribution >= 0.6 is 0 Å². The van der Waals surface area contributed by atoms with E-state index in [0.29, 0.717) is 5.92 Å². The largest absolute Gasteiger partial charge is 0.489 e. The number of hydrogen-bond acceptors (Lipinski definition) is 3. The highest BCUT2D eigenvalue weighted by Crippen LogP contribution is 2.59. The van der Waals surface area contributed by atoms with Gasteiger partial charge in [0.25, 0.3) is 0 Å². The summed E-state index contributed by atoms with van der Waals surface area (Å²) < 4.78 is 5.71. The highest BCUT2D eigenvalue weighted by molar-refractivity contribution is 5.28. The zero-order valence-electron chi connectivity index (χ0n) is 11.9. The van der Waals surface area contributed by atoms with Crippen molar-refractivity contribution in [2.24, 2.45) is 23.5 Å². The van der Waals surface area contributed by atoms with Crippen LogP contribution in [0, 0.1) is 17.8 Å². The van der Waals surface area contributed by atoms with E-state index in [0.717, 1.165) is 23.1 Å².